The van der Waals surface area contributed by atoms with E-state index in [1.165, 1.54) is 9.80 Å². The number of halogens is 1. The molecule has 7 nitrogen and oxygen atoms in total. The molecule has 2 heterocycles. The third kappa shape index (κ3) is 4.18. The molecule has 3 amide bonds. The summed E-state index contributed by atoms with van der Waals surface area (Å²) in [5.41, 5.74) is 1.71. The second-order valence-corrected chi connectivity index (χ2v) is 8.11. The van der Waals surface area contributed by atoms with Gasteiger partial charge < -0.3 is 9.64 Å². The average Bonchev–Trinajstić information content (AvgIpc) is 3.11. The molecule has 0 bridgehead atoms. The molecule has 160 valence electrons. The number of aryl methyl sites for hydroxylation is 1. The molecule has 0 aromatic heterocycles. The highest BCUT2D eigenvalue weighted by atomic mass is 35.5. The van der Waals surface area contributed by atoms with Crippen molar-refractivity contribution in [1.29, 1.82) is 0 Å². The zero-order valence-corrected chi connectivity index (χ0v) is 17.7. The molecule has 0 saturated carbocycles. The van der Waals surface area contributed by atoms with E-state index in [1.807, 2.05) is 0 Å². The first-order chi connectivity index (χ1) is 14.8. The predicted molar refractivity (Wildman–Crippen MR) is 115 cm³/mol. The lowest BCUT2D eigenvalue weighted by Gasteiger charge is -2.26. The summed E-state index contributed by atoms with van der Waals surface area (Å²) >= 11 is 6.18. The Hall–Kier alpha value is -3.19. The molecular weight excluding hydrogens is 420 g/mol. The smallest absolute Gasteiger partial charge is 0.316 e. The van der Waals surface area contributed by atoms with Crippen LogP contribution in [0.15, 0.2) is 42.5 Å². The number of piperidine rings is 1. The fourth-order valence-corrected chi connectivity index (χ4v) is 4.17. The van der Waals surface area contributed by atoms with E-state index in [0.717, 1.165) is 0 Å². The first kappa shape index (κ1) is 21.1. The summed E-state index contributed by atoms with van der Waals surface area (Å²) in [6, 6.07) is 11.8. The summed E-state index contributed by atoms with van der Waals surface area (Å²) in [6.07, 6.45) is 1.27. The fourth-order valence-electron chi connectivity index (χ4n) is 3.93. The second kappa shape index (κ2) is 8.51. The normalized spacial score (nSPS) is 19.2. The molecule has 1 atom stereocenters. The summed E-state index contributed by atoms with van der Waals surface area (Å²) in [4.78, 5) is 52.1. The van der Waals surface area contributed by atoms with Crippen molar-refractivity contribution in [3.8, 4) is 5.75 Å². The molecule has 0 aliphatic carbocycles. The van der Waals surface area contributed by atoms with E-state index in [-0.39, 0.29) is 30.7 Å². The van der Waals surface area contributed by atoms with E-state index in [2.05, 4.69) is 0 Å². The second-order valence-electron chi connectivity index (χ2n) is 7.70. The molecule has 2 aliphatic rings. The molecule has 0 N–H and O–H groups in total. The Balaban J connectivity index is 1.46. The van der Waals surface area contributed by atoms with Crippen molar-refractivity contribution < 1.29 is 23.9 Å². The molecule has 2 saturated heterocycles. The van der Waals surface area contributed by atoms with Crippen molar-refractivity contribution in [3.05, 3.63) is 53.1 Å². The van der Waals surface area contributed by atoms with Crippen molar-refractivity contribution in [2.45, 2.75) is 32.6 Å². The summed E-state index contributed by atoms with van der Waals surface area (Å²) < 4.78 is 5.50. The van der Waals surface area contributed by atoms with Crippen molar-refractivity contribution in [3.63, 3.8) is 0 Å². The van der Waals surface area contributed by atoms with Gasteiger partial charge in [0.1, 0.15) is 5.75 Å². The number of hydrogen-bond donors (Lipinski definition) is 0. The number of carbonyl (C=O) groups excluding carboxylic acids is 4. The predicted octanol–water partition coefficient (Wildman–Crippen LogP) is 3.65. The number of ether oxygens (including phenoxy) is 1. The molecule has 2 fully saturated rings. The van der Waals surface area contributed by atoms with Gasteiger partial charge in [-0.05, 0) is 49.2 Å². The Morgan fingerprint density at radius 2 is 1.71 bits per heavy atom. The summed E-state index contributed by atoms with van der Waals surface area (Å²) in [5.74, 6) is -1.48. The molecule has 0 spiro atoms. The minimum absolute atomic E-state index is 0.0396. The maximum Gasteiger partial charge on any atom is 0.316 e. The van der Waals surface area contributed by atoms with E-state index in [9.17, 15) is 19.2 Å². The maximum absolute atomic E-state index is 12.7. The Kier molecular flexibility index (Phi) is 5.78. The molecular formula is C23H21ClN2O5. The molecule has 4 rings (SSSR count). The Morgan fingerprint density at radius 3 is 2.39 bits per heavy atom. The highest BCUT2D eigenvalue weighted by molar-refractivity contribution is 6.33. The summed E-state index contributed by atoms with van der Waals surface area (Å²) in [5, 5.41) is 0.442. The zero-order chi connectivity index (χ0) is 22.1. The van der Waals surface area contributed by atoms with Gasteiger partial charge in [-0.3, -0.25) is 24.1 Å². The monoisotopic (exact) mass is 440 g/mol. The molecule has 31 heavy (non-hydrogen) atoms. The number of benzene rings is 2. The van der Waals surface area contributed by atoms with Gasteiger partial charge in [0, 0.05) is 25.8 Å². The van der Waals surface area contributed by atoms with Crippen molar-refractivity contribution in [1.82, 2.24) is 0 Å². The number of hydrogen-bond acceptors (Lipinski definition) is 5. The van der Waals surface area contributed by atoms with Crippen LogP contribution in [0.1, 0.15) is 31.2 Å². The van der Waals surface area contributed by atoms with Gasteiger partial charge in [-0.15, -0.1) is 0 Å². The Morgan fingerprint density at radius 1 is 1.00 bits per heavy atom. The number of rotatable bonds is 4. The Bertz CT molecular complexity index is 1070. The summed E-state index contributed by atoms with van der Waals surface area (Å²) in [6.45, 7) is 1.94. The quantitative estimate of drug-likeness (QED) is 0.411. The first-order valence-corrected chi connectivity index (χ1v) is 10.5. The maximum atomic E-state index is 12.7. The number of amides is 3. The molecule has 8 heteroatoms. The third-order valence-corrected chi connectivity index (χ3v) is 5.83. The van der Waals surface area contributed by atoms with E-state index in [4.69, 9.17) is 16.3 Å². The van der Waals surface area contributed by atoms with Gasteiger partial charge in [0.15, 0.2) is 0 Å². The van der Waals surface area contributed by atoms with E-state index in [0.29, 0.717) is 47.0 Å². The van der Waals surface area contributed by atoms with E-state index in [1.54, 1.807) is 49.4 Å². The number of esters is 1. The van der Waals surface area contributed by atoms with Crippen LogP contribution in [-0.2, 0) is 19.2 Å². The van der Waals surface area contributed by atoms with E-state index >= 15 is 0 Å². The lowest BCUT2D eigenvalue weighted by molar-refractivity contribution is -0.139. The molecule has 0 unspecified atom stereocenters. The van der Waals surface area contributed by atoms with Crippen LogP contribution >= 0.6 is 11.6 Å². The minimum atomic E-state index is -0.617. The van der Waals surface area contributed by atoms with Gasteiger partial charge in [0.05, 0.1) is 22.3 Å². The van der Waals surface area contributed by atoms with Crippen LogP contribution in [0.25, 0.3) is 0 Å². The number of anilines is 2. The molecule has 2 aromatic rings. The fraction of sp³-hybridized carbons (Fsp3) is 0.304. The van der Waals surface area contributed by atoms with Gasteiger partial charge in [-0.25, -0.2) is 0 Å². The zero-order valence-electron chi connectivity index (χ0n) is 17.0. The lowest BCUT2D eigenvalue weighted by Crippen LogP contribution is -2.40. The first-order valence-electron chi connectivity index (χ1n) is 10.1. The van der Waals surface area contributed by atoms with Crippen LogP contribution in [0.4, 0.5) is 11.4 Å². The standard InChI is InChI=1S/C23H21ClN2O5/c1-14-11-16(9-10-18(14)26-20(27)7-4-8-21(26)28)31-23(30)15-12-22(29)25(13-15)19-6-3-2-5-17(19)24/h2-3,5-6,9-11,15H,4,7-8,12-13H2,1H3/t15-/m0/s1. The molecule has 0 radical (unpaired) electrons. The number of nitrogens with zero attached hydrogens (tertiary/aromatic N) is 2. The van der Waals surface area contributed by atoms with Crippen LogP contribution in [0.5, 0.6) is 5.75 Å². The van der Waals surface area contributed by atoms with E-state index < -0.39 is 11.9 Å². The topological polar surface area (TPSA) is 84.0 Å². The number of imide groups is 1. The van der Waals surface area contributed by atoms with Crippen LogP contribution in [-0.4, -0.2) is 30.2 Å². The van der Waals surface area contributed by atoms with Crippen molar-refractivity contribution >= 4 is 46.7 Å². The average molecular weight is 441 g/mol. The minimum Gasteiger partial charge on any atom is -0.426 e. The lowest BCUT2D eigenvalue weighted by atomic mass is 10.1. The van der Waals surface area contributed by atoms with Gasteiger partial charge >= 0.3 is 5.97 Å². The number of para-hydroxylation sites is 1. The highest BCUT2D eigenvalue weighted by Gasteiger charge is 2.37. The van der Waals surface area contributed by atoms with Gasteiger partial charge in [-0.2, -0.15) is 0 Å². The van der Waals surface area contributed by atoms with Crippen LogP contribution < -0.4 is 14.5 Å². The van der Waals surface area contributed by atoms with Gasteiger partial charge in [0.25, 0.3) is 0 Å². The molecule has 2 aromatic carbocycles. The Labute approximate surface area is 184 Å². The van der Waals surface area contributed by atoms with Crippen LogP contribution in [0.2, 0.25) is 5.02 Å². The van der Waals surface area contributed by atoms with Crippen molar-refractivity contribution in [2.75, 3.05) is 16.3 Å². The SMILES string of the molecule is Cc1cc(OC(=O)[C@H]2CC(=O)N(c3ccccc3Cl)C2)ccc1N1C(=O)CCCC1=O. The van der Waals surface area contributed by atoms with Gasteiger partial charge in [0.2, 0.25) is 17.7 Å². The van der Waals surface area contributed by atoms with Crippen molar-refractivity contribution in [2.24, 2.45) is 5.92 Å². The largest absolute Gasteiger partial charge is 0.426 e. The highest BCUT2D eigenvalue weighted by Crippen LogP contribution is 2.33. The van der Waals surface area contributed by atoms with Crippen LogP contribution in [0.3, 0.4) is 0 Å². The van der Waals surface area contributed by atoms with Crippen LogP contribution in [0, 0.1) is 12.8 Å². The number of carbonyl (C=O) groups is 4. The third-order valence-electron chi connectivity index (χ3n) is 5.51. The van der Waals surface area contributed by atoms with Gasteiger partial charge in [-0.1, -0.05) is 23.7 Å². The molecule has 2 aliphatic heterocycles. The summed E-state index contributed by atoms with van der Waals surface area (Å²) in [7, 11) is 0.